The topological polar surface area (TPSA) is 258 Å². The van der Waals surface area contributed by atoms with Crippen LogP contribution in [0.15, 0.2) is 29.2 Å². The molecule has 0 radical (unpaired) electrons. The van der Waals surface area contributed by atoms with Gasteiger partial charge in [-0.2, -0.15) is 13.2 Å². The van der Waals surface area contributed by atoms with Crippen LogP contribution in [0.5, 0.6) is 0 Å². The molecular weight excluding hydrogens is 623 g/mol. The van der Waals surface area contributed by atoms with Crippen molar-refractivity contribution in [1.29, 1.82) is 0 Å². The van der Waals surface area contributed by atoms with E-state index in [9.17, 15) is 48.0 Å². The number of hydrogen-bond acceptors (Lipinski definition) is 12. The number of alkyl halides is 3. The number of nitrogens with one attached hydrogen (secondary N) is 1. The summed E-state index contributed by atoms with van der Waals surface area (Å²) in [5.41, 5.74) is 6.05. The van der Waals surface area contributed by atoms with Gasteiger partial charge < -0.3 is 41.9 Å². The second kappa shape index (κ2) is 11.2. The third-order valence-corrected chi connectivity index (χ3v) is 8.17. The Balaban J connectivity index is 0.000000775. The maximum atomic E-state index is 13.8. The molecule has 0 aromatic carbocycles. The van der Waals surface area contributed by atoms with Crippen molar-refractivity contribution in [3.63, 3.8) is 0 Å². The van der Waals surface area contributed by atoms with E-state index in [1.807, 2.05) is 0 Å². The number of aliphatic hydroxyl groups is 4. The van der Waals surface area contributed by atoms with Gasteiger partial charge in [0.15, 0.2) is 11.5 Å². The molecule has 0 bridgehead atoms. The van der Waals surface area contributed by atoms with E-state index >= 15 is 0 Å². The number of imidazole rings is 2. The summed E-state index contributed by atoms with van der Waals surface area (Å²) in [4.78, 5) is 42.7. The normalized spacial score (nSPS) is 22.8. The predicted octanol–water partition coefficient (Wildman–Crippen LogP) is 0.108. The van der Waals surface area contributed by atoms with Gasteiger partial charge in [0, 0.05) is 12.1 Å². The van der Waals surface area contributed by atoms with E-state index < -0.39 is 53.2 Å². The molecule has 4 heterocycles. The van der Waals surface area contributed by atoms with Crippen LogP contribution in [0.25, 0.3) is 16.6 Å². The number of primary amides is 2. The molecule has 6 rings (SSSR count). The van der Waals surface area contributed by atoms with E-state index in [2.05, 4.69) is 30.9 Å². The number of methoxy groups -OCH3 is 1. The lowest BCUT2D eigenvalue weighted by atomic mass is 10.0. The zero-order valence-electron chi connectivity index (χ0n) is 24.3. The van der Waals surface area contributed by atoms with Crippen molar-refractivity contribution in [2.24, 2.45) is 17.4 Å². The Bertz CT molecular complexity index is 1900. The Morgan fingerprint density at radius 2 is 1.76 bits per heavy atom. The summed E-state index contributed by atoms with van der Waals surface area (Å²) >= 11 is 0. The Kier molecular flexibility index (Phi) is 7.96. The third-order valence-electron chi connectivity index (χ3n) is 8.17. The number of fused-ring (bicyclic) bond motifs is 2. The van der Waals surface area contributed by atoms with Gasteiger partial charge >= 0.3 is 24.1 Å². The number of halogens is 3. The number of carbonyl (C=O) groups is 2. The summed E-state index contributed by atoms with van der Waals surface area (Å²) in [7, 11) is 1.22. The first kappa shape index (κ1) is 32.6. The second-order valence-electron chi connectivity index (χ2n) is 11.2. The van der Waals surface area contributed by atoms with E-state index in [4.69, 9.17) is 5.73 Å². The van der Waals surface area contributed by atoms with Crippen LogP contribution in [0.3, 0.4) is 0 Å². The first-order valence-electron chi connectivity index (χ1n) is 13.8. The minimum absolute atomic E-state index is 0.00934. The first-order valence-corrected chi connectivity index (χ1v) is 13.8. The van der Waals surface area contributed by atoms with Crippen molar-refractivity contribution in [3.05, 3.63) is 46.4 Å². The fourth-order valence-electron chi connectivity index (χ4n) is 5.86. The van der Waals surface area contributed by atoms with Gasteiger partial charge in [-0.05, 0) is 43.7 Å². The summed E-state index contributed by atoms with van der Waals surface area (Å²) in [5.74, 6) is -1.32. The summed E-state index contributed by atoms with van der Waals surface area (Å²) in [6.07, 6.45) is -7.45. The molecular formula is C26H30F3N9O8. The highest BCUT2D eigenvalue weighted by atomic mass is 19.4. The lowest BCUT2D eigenvalue weighted by Crippen LogP contribution is -2.41. The van der Waals surface area contributed by atoms with E-state index in [0.717, 1.165) is 16.8 Å². The molecule has 4 atom stereocenters. The lowest BCUT2D eigenvalue weighted by molar-refractivity contribution is -0.374. The van der Waals surface area contributed by atoms with Crippen LogP contribution < -0.4 is 22.5 Å². The number of rotatable bonds is 6. The van der Waals surface area contributed by atoms with Gasteiger partial charge in [0.1, 0.15) is 17.1 Å². The first-order chi connectivity index (χ1) is 21.4. The minimum Gasteiger partial charge on any atom is -0.453 e. The number of aromatic nitrogens is 6. The summed E-state index contributed by atoms with van der Waals surface area (Å²) in [6.45, 7) is 1.68. The van der Waals surface area contributed by atoms with Crippen LogP contribution in [0.2, 0.25) is 0 Å². The van der Waals surface area contributed by atoms with Gasteiger partial charge in [0.25, 0.3) is 0 Å². The van der Waals surface area contributed by atoms with Crippen LogP contribution in [0.1, 0.15) is 50.2 Å². The van der Waals surface area contributed by atoms with Gasteiger partial charge in [-0.3, -0.25) is 9.36 Å². The van der Waals surface area contributed by atoms with Crippen molar-refractivity contribution in [2.45, 2.75) is 62.4 Å². The predicted molar refractivity (Wildman–Crippen MR) is 150 cm³/mol. The zero-order valence-corrected chi connectivity index (χ0v) is 24.3. The fourth-order valence-corrected chi connectivity index (χ4v) is 5.86. The molecule has 4 aromatic rings. The highest BCUT2D eigenvalue weighted by molar-refractivity contribution is 5.90. The number of carbonyl (C=O) groups excluding carboxylic acids is 2. The standard InChI is InChI=1S/C24H25F3N8O6.C2H5NO2/c1-10-8-22(10,19(28)37)20-31-18(23(25,26)27)13-4-5-16(32-35(13)20)30-17-7-14-15(9-29-17)34(24(39,40)41)21(38)33(14)11-2-3-12(36)6-11;1-5-2(3)4/h4-5,7,9-12,36,39-41H,2-3,6,8H2,1H3,(H2,28,37)(H,29,30,32);1H3,(H2,3,4). The monoisotopic (exact) mass is 653 g/mol. The second-order valence-corrected chi connectivity index (χ2v) is 11.2. The Hall–Kier alpha value is -4.79. The molecule has 17 nitrogen and oxygen atoms in total. The van der Waals surface area contributed by atoms with Gasteiger partial charge in [0.05, 0.1) is 36.0 Å². The molecule has 2 saturated carbocycles. The summed E-state index contributed by atoms with van der Waals surface area (Å²) in [6, 6.07) is 3.23. The third kappa shape index (κ3) is 5.59. The van der Waals surface area contributed by atoms with Crippen molar-refractivity contribution >= 4 is 40.2 Å². The fraction of sp³-hybridized carbons (Fsp3) is 0.462. The number of ether oxygens (including phenoxy) is 1. The Morgan fingerprint density at radius 3 is 2.26 bits per heavy atom. The van der Waals surface area contributed by atoms with E-state index in [-0.39, 0.29) is 52.8 Å². The molecule has 0 saturated heterocycles. The van der Waals surface area contributed by atoms with Crippen molar-refractivity contribution in [2.75, 3.05) is 12.4 Å². The number of anilines is 2. The zero-order chi connectivity index (χ0) is 33.9. The van der Waals surface area contributed by atoms with Crippen LogP contribution >= 0.6 is 0 Å². The number of nitrogens with two attached hydrogens (primary N) is 2. The lowest BCUT2D eigenvalue weighted by Gasteiger charge is -2.15. The highest BCUT2D eigenvalue weighted by Gasteiger charge is 2.61. The average Bonchev–Trinajstić information content (AvgIpc) is 3.23. The number of amides is 2. The molecule has 2 fully saturated rings. The van der Waals surface area contributed by atoms with Crippen LogP contribution in [0.4, 0.5) is 29.6 Å². The molecule has 4 aromatic heterocycles. The molecule has 4 unspecified atom stereocenters. The Labute approximate surface area is 255 Å². The van der Waals surface area contributed by atoms with Gasteiger partial charge in [-0.15, -0.1) is 5.10 Å². The summed E-state index contributed by atoms with van der Waals surface area (Å²) in [5, 5.41) is 46.6. The SMILES string of the molecule is CC1CC1(C(N)=O)c1nc(C(F)(F)F)c2ccc(Nc3cc4c(cn3)n(C(O)(O)O)c(=O)n4C3CCC(O)C3)nn12.COC(N)=O. The molecule has 2 amide bonds. The van der Waals surface area contributed by atoms with Crippen LogP contribution in [0, 0.1) is 5.92 Å². The largest absolute Gasteiger partial charge is 0.453 e. The van der Waals surface area contributed by atoms with Gasteiger partial charge in [-0.25, -0.2) is 28.6 Å². The quantitative estimate of drug-likeness (QED) is 0.137. The van der Waals surface area contributed by atoms with Crippen molar-refractivity contribution in [3.8, 4) is 0 Å². The Morgan fingerprint density at radius 1 is 1.11 bits per heavy atom. The molecule has 9 N–H and O–H groups in total. The van der Waals surface area contributed by atoms with E-state index in [0.29, 0.717) is 17.4 Å². The maximum Gasteiger partial charge on any atom is 0.435 e. The minimum atomic E-state index is -4.82. The molecule has 46 heavy (non-hydrogen) atoms. The number of pyridine rings is 1. The molecule has 0 aliphatic heterocycles. The van der Waals surface area contributed by atoms with E-state index in [1.54, 1.807) is 6.92 Å². The molecule has 0 spiro atoms. The van der Waals surface area contributed by atoms with Crippen LogP contribution in [-0.2, 0) is 27.2 Å². The smallest absolute Gasteiger partial charge is 0.435 e. The average molecular weight is 654 g/mol. The maximum absolute atomic E-state index is 13.8. The number of hydrogen-bond donors (Lipinski definition) is 7. The molecule has 20 heteroatoms. The molecule has 2 aliphatic rings. The molecule has 2 aliphatic carbocycles. The number of nitrogens with zero attached hydrogens (tertiary/aromatic N) is 6. The van der Waals surface area contributed by atoms with Gasteiger partial charge in [-0.1, -0.05) is 6.92 Å². The van der Waals surface area contributed by atoms with E-state index in [1.165, 1.54) is 23.8 Å². The number of aliphatic hydroxyl groups excluding tert-OH is 1. The van der Waals surface area contributed by atoms with Gasteiger partial charge in [0.2, 0.25) is 5.91 Å². The van der Waals surface area contributed by atoms with Crippen molar-refractivity contribution in [1.82, 2.24) is 28.7 Å². The van der Waals surface area contributed by atoms with Crippen molar-refractivity contribution < 1.29 is 47.9 Å². The molecule has 248 valence electrons. The van der Waals surface area contributed by atoms with Crippen LogP contribution in [-0.4, -0.2) is 74.4 Å². The highest BCUT2D eigenvalue weighted by Crippen LogP contribution is 2.54. The summed E-state index contributed by atoms with van der Waals surface area (Å²) < 4.78 is 47.8.